The summed E-state index contributed by atoms with van der Waals surface area (Å²) in [5.41, 5.74) is 5.36. The lowest BCUT2D eigenvalue weighted by molar-refractivity contribution is -0.143. The average molecular weight is 503 g/mol. The van der Waals surface area contributed by atoms with Gasteiger partial charge in [-0.05, 0) is 40.7 Å². The number of carbonyl (C=O) groups excluding carboxylic acids is 3. The number of hydrogen-bond acceptors (Lipinski definition) is 6. The number of hydrogen-bond donors (Lipinski definition) is 2. The van der Waals surface area contributed by atoms with E-state index in [0.717, 1.165) is 27.8 Å². The zero-order chi connectivity index (χ0) is 26.0. The van der Waals surface area contributed by atoms with Crippen LogP contribution in [0.25, 0.3) is 11.1 Å². The Labute approximate surface area is 215 Å². The Morgan fingerprint density at radius 2 is 1.43 bits per heavy atom. The molecule has 3 aromatic carbocycles. The highest BCUT2D eigenvalue weighted by Crippen LogP contribution is 2.44. The van der Waals surface area contributed by atoms with E-state index in [0.29, 0.717) is 6.42 Å². The SMILES string of the molecule is COC(=O)C(CCCNC(=O)OCc1ccccc1)NC(=O)OCC1c2ccccc2-c2ccccc21. The summed E-state index contributed by atoms with van der Waals surface area (Å²) in [4.78, 5) is 36.7. The van der Waals surface area contributed by atoms with Crippen LogP contribution in [0.1, 0.15) is 35.4 Å². The van der Waals surface area contributed by atoms with Gasteiger partial charge in [-0.3, -0.25) is 0 Å². The standard InChI is InChI=1S/C29H30N2O6/c1-35-27(32)26(16-9-17-30-28(33)36-18-20-10-3-2-4-11-20)31-29(34)37-19-25-23-14-7-5-12-21(23)22-13-6-8-15-24(22)25/h2-8,10-15,25-26H,9,16-19H2,1H3,(H,30,33)(H,31,34). The molecular weight excluding hydrogens is 472 g/mol. The topological polar surface area (TPSA) is 103 Å². The van der Waals surface area contributed by atoms with Gasteiger partial charge >= 0.3 is 18.2 Å². The summed E-state index contributed by atoms with van der Waals surface area (Å²) in [6, 6.07) is 24.6. The summed E-state index contributed by atoms with van der Waals surface area (Å²) >= 11 is 0. The quantitative estimate of drug-likeness (QED) is 0.235. The molecule has 0 saturated heterocycles. The highest BCUT2D eigenvalue weighted by atomic mass is 16.6. The number of methoxy groups -OCH3 is 1. The van der Waals surface area contributed by atoms with Crippen molar-refractivity contribution in [2.75, 3.05) is 20.3 Å². The van der Waals surface area contributed by atoms with Crippen molar-refractivity contribution in [1.29, 1.82) is 0 Å². The van der Waals surface area contributed by atoms with Crippen molar-refractivity contribution in [2.45, 2.75) is 31.4 Å². The van der Waals surface area contributed by atoms with Crippen LogP contribution in [0.15, 0.2) is 78.9 Å². The summed E-state index contributed by atoms with van der Waals surface area (Å²) in [5.74, 6) is -0.666. The normalized spacial score (nSPS) is 12.6. The Bertz CT molecular complexity index is 1180. The number of ether oxygens (including phenoxy) is 3. The smallest absolute Gasteiger partial charge is 0.407 e. The molecule has 1 atom stereocenters. The van der Waals surface area contributed by atoms with Crippen LogP contribution in [0, 0.1) is 0 Å². The molecule has 192 valence electrons. The van der Waals surface area contributed by atoms with Crippen molar-refractivity contribution in [2.24, 2.45) is 0 Å². The van der Waals surface area contributed by atoms with Gasteiger partial charge in [0, 0.05) is 12.5 Å². The number of nitrogens with one attached hydrogen (secondary N) is 2. The Hall–Kier alpha value is -4.33. The fourth-order valence-corrected chi connectivity index (χ4v) is 4.44. The van der Waals surface area contributed by atoms with Crippen molar-refractivity contribution in [3.63, 3.8) is 0 Å². The minimum Gasteiger partial charge on any atom is -0.467 e. The predicted molar refractivity (Wildman–Crippen MR) is 138 cm³/mol. The van der Waals surface area contributed by atoms with Crippen LogP contribution in [0.4, 0.5) is 9.59 Å². The maximum Gasteiger partial charge on any atom is 0.407 e. The van der Waals surface area contributed by atoms with Gasteiger partial charge in [-0.15, -0.1) is 0 Å². The zero-order valence-electron chi connectivity index (χ0n) is 20.6. The van der Waals surface area contributed by atoms with Crippen LogP contribution in [-0.4, -0.2) is 44.5 Å². The molecule has 0 radical (unpaired) electrons. The van der Waals surface area contributed by atoms with Crippen LogP contribution in [0.5, 0.6) is 0 Å². The summed E-state index contributed by atoms with van der Waals surface area (Å²) in [5, 5.41) is 5.24. The molecule has 8 heteroatoms. The van der Waals surface area contributed by atoms with Gasteiger partial charge in [0.05, 0.1) is 7.11 Å². The first-order chi connectivity index (χ1) is 18.1. The van der Waals surface area contributed by atoms with Crippen LogP contribution >= 0.6 is 0 Å². The summed E-state index contributed by atoms with van der Waals surface area (Å²) in [6.45, 7) is 0.580. The molecule has 37 heavy (non-hydrogen) atoms. The number of rotatable bonds is 10. The van der Waals surface area contributed by atoms with E-state index in [1.165, 1.54) is 7.11 Å². The molecule has 0 fully saturated rings. The molecule has 0 aliphatic heterocycles. The van der Waals surface area contributed by atoms with Crippen LogP contribution < -0.4 is 10.6 Å². The summed E-state index contributed by atoms with van der Waals surface area (Å²) in [7, 11) is 1.26. The van der Waals surface area contributed by atoms with Gasteiger partial charge < -0.3 is 24.8 Å². The number of alkyl carbamates (subject to hydrolysis) is 2. The molecule has 4 rings (SSSR count). The molecule has 1 unspecified atom stereocenters. The van der Waals surface area contributed by atoms with E-state index >= 15 is 0 Å². The van der Waals surface area contributed by atoms with Crippen molar-refractivity contribution < 1.29 is 28.6 Å². The third kappa shape index (κ3) is 6.67. The number of fused-ring (bicyclic) bond motifs is 3. The largest absolute Gasteiger partial charge is 0.467 e. The van der Waals surface area contributed by atoms with Crippen LogP contribution in [0.3, 0.4) is 0 Å². The van der Waals surface area contributed by atoms with Crippen molar-refractivity contribution in [3.05, 3.63) is 95.6 Å². The number of carbonyl (C=O) groups is 3. The predicted octanol–water partition coefficient (Wildman–Crippen LogP) is 4.77. The van der Waals surface area contributed by atoms with Crippen molar-refractivity contribution in [1.82, 2.24) is 10.6 Å². The fourth-order valence-electron chi connectivity index (χ4n) is 4.44. The second-order valence-electron chi connectivity index (χ2n) is 8.68. The molecule has 2 N–H and O–H groups in total. The second kappa shape index (κ2) is 12.6. The van der Waals surface area contributed by atoms with Crippen LogP contribution in [0.2, 0.25) is 0 Å². The highest BCUT2D eigenvalue weighted by molar-refractivity contribution is 5.82. The van der Waals surface area contributed by atoms with Crippen molar-refractivity contribution in [3.8, 4) is 11.1 Å². The summed E-state index contributed by atoms with van der Waals surface area (Å²) < 4.78 is 15.5. The molecule has 0 spiro atoms. The first-order valence-corrected chi connectivity index (χ1v) is 12.2. The molecular formula is C29H30N2O6. The molecule has 1 aliphatic carbocycles. The Balaban J connectivity index is 1.24. The van der Waals surface area contributed by atoms with E-state index in [4.69, 9.17) is 14.2 Å². The molecule has 3 aromatic rings. The van der Waals surface area contributed by atoms with E-state index in [2.05, 4.69) is 22.8 Å². The number of benzene rings is 3. The maximum absolute atomic E-state index is 12.6. The molecule has 0 heterocycles. The molecule has 8 nitrogen and oxygen atoms in total. The van der Waals surface area contributed by atoms with Gasteiger partial charge in [-0.1, -0.05) is 78.9 Å². The van der Waals surface area contributed by atoms with Gasteiger partial charge in [-0.25, -0.2) is 14.4 Å². The third-order valence-corrected chi connectivity index (χ3v) is 6.27. The minimum absolute atomic E-state index is 0.0826. The highest BCUT2D eigenvalue weighted by Gasteiger charge is 2.29. The lowest BCUT2D eigenvalue weighted by Crippen LogP contribution is -2.42. The summed E-state index contributed by atoms with van der Waals surface area (Å²) in [6.07, 6.45) is -0.574. The first-order valence-electron chi connectivity index (χ1n) is 12.2. The third-order valence-electron chi connectivity index (χ3n) is 6.27. The van der Waals surface area contributed by atoms with E-state index in [9.17, 15) is 14.4 Å². The van der Waals surface area contributed by atoms with Gasteiger partial charge in [0.2, 0.25) is 0 Å². The number of amides is 2. The van der Waals surface area contributed by atoms with E-state index < -0.39 is 24.2 Å². The molecule has 0 saturated carbocycles. The molecule has 1 aliphatic rings. The van der Waals surface area contributed by atoms with Gasteiger partial charge in [0.15, 0.2) is 0 Å². The van der Waals surface area contributed by atoms with Crippen molar-refractivity contribution >= 4 is 18.2 Å². The average Bonchev–Trinajstić information content (AvgIpc) is 3.26. The van der Waals surface area contributed by atoms with E-state index in [-0.39, 0.29) is 32.1 Å². The molecule has 0 aromatic heterocycles. The Kier molecular flexibility index (Phi) is 8.75. The minimum atomic E-state index is -0.900. The number of esters is 1. The lowest BCUT2D eigenvalue weighted by atomic mass is 9.98. The monoisotopic (exact) mass is 502 g/mol. The molecule has 2 amide bonds. The Morgan fingerprint density at radius 3 is 2.08 bits per heavy atom. The fraction of sp³-hybridized carbons (Fsp3) is 0.276. The lowest BCUT2D eigenvalue weighted by Gasteiger charge is -2.18. The second-order valence-corrected chi connectivity index (χ2v) is 8.68. The van der Waals surface area contributed by atoms with E-state index in [1.807, 2.05) is 66.7 Å². The van der Waals surface area contributed by atoms with Gasteiger partial charge in [0.1, 0.15) is 19.3 Å². The van der Waals surface area contributed by atoms with Gasteiger partial charge in [-0.2, -0.15) is 0 Å². The van der Waals surface area contributed by atoms with Gasteiger partial charge in [0.25, 0.3) is 0 Å². The van der Waals surface area contributed by atoms with Crippen LogP contribution in [-0.2, 0) is 25.6 Å². The van der Waals surface area contributed by atoms with E-state index in [1.54, 1.807) is 0 Å². The first kappa shape index (κ1) is 25.8. The molecule has 0 bridgehead atoms. The maximum atomic E-state index is 12.6. The Morgan fingerprint density at radius 1 is 0.811 bits per heavy atom. The zero-order valence-corrected chi connectivity index (χ0v) is 20.6.